The highest BCUT2D eigenvalue weighted by atomic mass is 19.1. The number of nitrogens with zero attached hydrogens (tertiary/aromatic N) is 7. The van der Waals surface area contributed by atoms with Crippen LogP contribution in [0.2, 0.25) is 0 Å². The van der Waals surface area contributed by atoms with Crippen molar-refractivity contribution in [2.24, 2.45) is 0 Å². The number of hydrogen-bond donors (Lipinski definition) is 0. The number of pyridine rings is 1. The molecule has 4 heterocycles. The molecule has 0 saturated carbocycles. The lowest BCUT2D eigenvalue weighted by Gasteiger charge is -2.12. The smallest absolute Gasteiger partial charge is 0.167 e. The van der Waals surface area contributed by atoms with Gasteiger partial charge in [-0.25, -0.2) is 19.3 Å². The lowest BCUT2D eigenvalue weighted by atomic mass is 10.1. The third-order valence-electron chi connectivity index (χ3n) is 4.55. The zero-order valence-corrected chi connectivity index (χ0v) is 15.5. The van der Waals surface area contributed by atoms with Crippen molar-refractivity contribution in [1.82, 2.24) is 34.1 Å². The molecule has 0 aliphatic carbocycles. The minimum atomic E-state index is -0.400. The molecule has 0 atom stereocenters. The summed E-state index contributed by atoms with van der Waals surface area (Å²) in [5.74, 6) is 1.21. The van der Waals surface area contributed by atoms with E-state index in [2.05, 4.69) is 45.9 Å². The van der Waals surface area contributed by atoms with Crippen LogP contribution in [0, 0.1) is 5.82 Å². The van der Waals surface area contributed by atoms with Crippen LogP contribution in [-0.2, 0) is 13.0 Å². The molecular weight excluding hydrogens is 345 g/mol. The van der Waals surface area contributed by atoms with E-state index in [-0.39, 0.29) is 11.6 Å². The van der Waals surface area contributed by atoms with Crippen LogP contribution in [-0.4, -0.2) is 34.1 Å². The van der Waals surface area contributed by atoms with Crippen LogP contribution in [0.3, 0.4) is 0 Å². The van der Waals surface area contributed by atoms with Gasteiger partial charge in [-0.1, -0.05) is 20.8 Å². The van der Waals surface area contributed by atoms with Crippen LogP contribution in [0.15, 0.2) is 37.1 Å². The second-order valence-corrected chi connectivity index (χ2v) is 6.64. The van der Waals surface area contributed by atoms with Crippen molar-refractivity contribution in [2.45, 2.75) is 39.7 Å². The number of rotatable bonds is 5. The molecule has 0 amide bonds. The third-order valence-corrected chi connectivity index (χ3v) is 4.55. The Kier molecular flexibility index (Phi) is 4.39. The second kappa shape index (κ2) is 6.86. The summed E-state index contributed by atoms with van der Waals surface area (Å²) in [5, 5.41) is 8.68. The highest BCUT2D eigenvalue weighted by molar-refractivity contribution is 5.52. The SMILES string of the molecule is CCc1c(Cn2ccnc2-c2ncccc2F)ncn2c(C(C)C)nnc12. The van der Waals surface area contributed by atoms with Gasteiger partial charge in [0.25, 0.3) is 0 Å². The average molecular weight is 365 g/mol. The van der Waals surface area contributed by atoms with Gasteiger partial charge in [0.1, 0.15) is 17.8 Å². The Morgan fingerprint density at radius 3 is 2.70 bits per heavy atom. The van der Waals surface area contributed by atoms with E-state index >= 15 is 0 Å². The number of hydrogen-bond acceptors (Lipinski definition) is 5. The molecule has 0 saturated heterocycles. The summed E-state index contributed by atoms with van der Waals surface area (Å²) in [6.07, 6.45) is 7.53. The monoisotopic (exact) mass is 365 g/mol. The van der Waals surface area contributed by atoms with Crippen molar-refractivity contribution < 1.29 is 4.39 Å². The van der Waals surface area contributed by atoms with Crippen molar-refractivity contribution in [3.8, 4) is 11.5 Å². The van der Waals surface area contributed by atoms with E-state index in [0.29, 0.717) is 12.4 Å². The molecule has 7 nitrogen and oxygen atoms in total. The summed E-state index contributed by atoms with van der Waals surface area (Å²) in [4.78, 5) is 13.1. The minimum absolute atomic E-state index is 0.228. The molecule has 27 heavy (non-hydrogen) atoms. The average Bonchev–Trinajstić information content (AvgIpc) is 3.29. The molecule has 0 aromatic carbocycles. The highest BCUT2D eigenvalue weighted by Crippen LogP contribution is 2.22. The van der Waals surface area contributed by atoms with Gasteiger partial charge in [-0.15, -0.1) is 10.2 Å². The van der Waals surface area contributed by atoms with E-state index in [1.165, 1.54) is 6.07 Å². The van der Waals surface area contributed by atoms with E-state index in [4.69, 9.17) is 0 Å². The van der Waals surface area contributed by atoms with E-state index in [1.807, 2.05) is 8.97 Å². The van der Waals surface area contributed by atoms with Gasteiger partial charge in [-0.2, -0.15) is 0 Å². The molecule has 0 aliphatic rings. The summed E-state index contributed by atoms with van der Waals surface area (Å²) in [7, 11) is 0. The van der Waals surface area contributed by atoms with Gasteiger partial charge in [-0.3, -0.25) is 4.40 Å². The lowest BCUT2D eigenvalue weighted by Crippen LogP contribution is -2.10. The predicted molar refractivity (Wildman–Crippen MR) is 98.8 cm³/mol. The van der Waals surface area contributed by atoms with Crippen molar-refractivity contribution in [1.29, 1.82) is 0 Å². The van der Waals surface area contributed by atoms with Gasteiger partial charge in [0.05, 0.1) is 12.2 Å². The molecule has 4 aromatic rings. The predicted octanol–water partition coefficient (Wildman–Crippen LogP) is 3.26. The number of halogens is 1. The maximum absolute atomic E-state index is 14.2. The third kappa shape index (κ3) is 2.97. The first kappa shape index (κ1) is 17.3. The molecule has 0 N–H and O–H groups in total. The van der Waals surface area contributed by atoms with Crippen molar-refractivity contribution in [3.05, 3.63) is 59.9 Å². The summed E-state index contributed by atoms with van der Waals surface area (Å²) < 4.78 is 17.9. The van der Waals surface area contributed by atoms with Crippen molar-refractivity contribution in [3.63, 3.8) is 0 Å². The molecule has 0 fully saturated rings. The Labute approximate surface area is 156 Å². The Morgan fingerprint density at radius 1 is 1.11 bits per heavy atom. The van der Waals surface area contributed by atoms with E-state index in [9.17, 15) is 4.39 Å². The zero-order valence-electron chi connectivity index (χ0n) is 15.5. The fourth-order valence-corrected chi connectivity index (χ4v) is 3.22. The fourth-order valence-electron chi connectivity index (χ4n) is 3.22. The standard InChI is InChI=1S/C19H20FN7/c1-4-13-15(23-11-27-17(12(2)3)24-25-18(13)27)10-26-9-8-22-19(26)16-14(20)6-5-7-21-16/h5-9,11-12H,4,10H2,1-3H3. The Balaban J connectivity index is 1.77. The van der Waals surface area contributed by atoms with Crippen LogP contribution in [0.4, 0.5) is 4.39 Å². The topological polar surface area (TPSA) is 73.8 Å². The molecule has 0 bridgehead atoms. The molecule has 138 valence electrons. The van der Waals surface area contributed by atoms with Gasteiger partial charge in [0.2, 0.25) is 0 Å². The van der Waals surface area contributed by atoms with Crippen molar-refractivity contribution in [2.75, 3.05) is 0 Å². The molecule has 8 heteroatoms. The first-order valence-electron chi connectivity index (χ1n) is 8.93. The van der Waals surface area contributed by atoms with Crippen LogP contribution < -0.4 is 0 Å². The zero-order chi connectivity index (χ0) is 19.0. The number of aryl methyl sites for hydroxylation is 1. The van der Waals surface area contributed by atoms with Crippen LogP contribution in [0.5, 0.6) is 0 Å². The fraction of sp³-hybridized carbons (Fsp3) is 0.316. The summed E-state index contributed by atoms with van der Waals surface area (Å²) in [6.45, 7) is 6.68. The van der Waals surface area contributed by atoms with Crippen LogP contribution >= 0.6 is 0 Å². The maximum Gasteiger partial charge on any atom is 0.167 e. The Hall–Kier alpha value is -3.16. The summed E-state index contributed by atoms with van der Waals surface area (Å²) >= 11 is 0. The van der Waals surface area contributed by atoms with Gasteiger partial charge in [-0.05, 0) is 18.6 Å². The van der Waals surface area contributed by atoms with E-state index in [1.54, 1.807) is 31.0 Å². The Bertz CT molecular complexity index is 1100. The minimum Gasteiger partial charge on any atom is -0.324 e. The molecule has 0 radical (unpaired) electrons. The molecule has 0 unspecified atom stereocenters. The Morgan fingerprint density at radius 2 is 1.96 bits per heavy atom. The van der Waals surface area contributed by atoms with Gasteiger partial charge >= 0.3 is 0 Å². The summed E-state index contributed by atoms with van der Waals surface area (Å²) in [6, 6.07) is 2.95. The highest BCUT2D eigenvalue weighted by Gasteiger charge is 2.18. The van der Waals surface area contributed by atoms with Crippen LogP contribution in [0.1, 0.15) is 43.8 Å². The maximum atomic E-state index is 14.2. The van der Waals surface area contributed by atoms with Gasteiger partial charge in [0.15, 0.2) is 17.3 Å². The normalized spacial score (nSPS) is 11.6. The van der Waals surface area contributed by atoms with Crippen LogP contribution in [0.25, 0.3) is 17.2 Å². The first-order chi connectivity index (χ1) is 13.1. The van der Waals surface area contributed by atoms with Crippen molar-refractivity contribution >= 4 is 5.65 Å². The lowest BCUT2D eigenvalue weighted by molar-refractivity contribution is 0.621. The molecule has 0 spiro atoms. The second-order valence-electron chi connectivity index (χ2n) is 6.64. The molecule has 4 rings (SSSR count). The number of fused-ring (bicyclic) bond motifs is 1. The molecule has 0 aliphatic heterocycles. The molecular formula is C19H20FN7. The van der Waals surface area contributed by atoms with E-state index in [0.717, 1.165) is 29.1 Å². The van der Waals surface area contributed by atoms with E-state index < -0.39 is 5.82 Å². The largest absolute Gasteiger partial charge is 0.324 e. The summed E-state index contributed by atoms with van der Waals surface area (Å²) in [5.41, 5.74) is 2.93. The quantitative estimate of drug-likeness (QED) is 0.543. The number of aromatic nitrogens is 7. The molecule has 4 aromatic heterocycles. The van der Waals surface area contributed by atoms with Gasteiger partial charge < -0.3 is 4.57 Å². The number of imidazole rings is 1. The van der Waals surface area contributed by atoms with Gasteiger partial charge in [0, 0.05) is 30.1 Å². The first-order valence-corrected chi connectivity index (χ1v) is 8.93.